The fourth-order valence-electron chi connectivity index (χ4n) is 1.70. The van der Waals surface area contributed by atoms with Crippen LogP contribution in [-0.4, -0.2) is 10.2 Å². The Morgan fingerprint density at radius 2 is 1.56 bits per heavy atom. The molecule has 0 radical (unpaired) electrons. The molecule has 16 heavy (non-hydrogen) atoms. The quantitative estimate of drug-likeness (QED) is 0.543. The zero-order valence-corrected chi connectivity index (χ0v) is 11.8. The van der Waals surface area contributed by atoms with Gasteiger partial charge in [-0.1, -0.05) is 71.4 Å². The third-order valence-electron chi connectivity index (χ3n) is 2.69. The van der Waals surface area contributed by atoms with Crippen LogP contribution in [0.3, 0.4) is 0 Å². The van der Waals surface area contributed by atoms with Gasteiger partial charge in [-0.2, -0.15) is 0 Å². The standard InChI is InChI=1S/C15H16Si/c1-12-7-9-13(10-8-12)11-15(16)14-5-3-2-4-6-14/h2-11H,1,16H3. The maximum Gasteiger partial charge on any atom is 0.0393 e. The summed E-state index contributed by atoms with van der Waals surface area (Å²) in [4.78, 5) is 0. The van der Waals surface area contributed by atoms with Crippen molar-refractivity contribution in [3.63, 3.8) is 0 Å². The lowest BCUT2D eigenvalue weighted by Crippen LogP contribution is -1.83. The van der Waals surface area contributed by atoms with E-state index in [1.165, 1.54) is 21.9 Å². The van der Waals surface area contributed by atoms with Crippen LogP contribution < -0.4 is 0 Å². The Hall–Kier alpha value is -1.60. The van der Waals surface area contributed by atoms with E-state index in [9.17, 15) is 0 Å². The summed E-state index contributed by atoms with van der Waals surface area (Å²) in [5.74, 6) is 0. The lowest BCUT2D eigenvalue weighted by molar-refractivity contribution is 1.46. The molecule has 80 valence electrons. The highest BCUT2D eigenvalue weighted by atomic mass is 28.1. The molecule has 2 aromatic rings. The fraction of sp³-hybridized carbons (Fsp3) is 0.0667. The van der Waals surface area contributed by atoms with Crippen LogP contribution >= 0.6 is 0 Å². The van der Waals surface area contributed by atoms with E-state index in [0.717, 1.165) is 10.2 Å². The number of hydrogen-bond donors (Lipinski definition) is 0. The van der Waals surface area contributed by atoms with Crippen LogP contribution in [0.4, 0.5) is 0 Å². The van der Waals surface area contributed by atoms with Gasteiger partial charge in [0.2, 0.25) is 0 Å². The maximum atomic E-state index is 2.28. The summed E-state index contributed by atoms with van der Waals surface area (Å²) in [6, 6.07) is 19.3. The molecule has 0 aromatic heterocycles. The van der Waals surface area contributed by atoms with Crippen LogP contribution in [-0.2, 0) is 0 Å². The first kappa shape index (κ1) is 10.9. The highest BCUT2D eigenvalue weighted by Gasteiger charge is 1.94. The van der Waals surface area contributed by atoms with Gasteiger partial charge in [0.05, 0.1) is 0 Å². The monoisotopic (exact) mass is 224 g/mol. The van der Waals surface area contributed by atoms with Crippen molar-refractivity contribution < 1.29 is 0 Å². The number of benzene rings is 2. The maximum absolute atomic E-state index is 2.28. The summed E-state index contributed by atoms with van der Waals surface area (Å²) in [7, 11) is 1.07. The average molecular weight is 224 g/mol. The molecule has 0 aliphatic rings. The molecule has 0 N–H and O–H groups in total. The molecule has 0 fully saturated rings. The third-order valence-corrected chi connectivity index (χ3v) is 3.56. The lowest BCUT2D eigenvalue weighted by atomic mass is 10.1. The van der Waals surface area contributed by atoms with Gasteiger partial charge < -0.3 is 0 Å². The van der Waals surface area contributed by atoms with E-state index >= 15 is 0 Å². The van der Waals surface area contributed by atoms with Crippen molar-refractivity contribution in [2.24, 2.45) is 0 Å². The Morgan fingerprint density at radius 1 is 0.938 bits per heavy atom. The minimum Gasteiger partial charge on any atom is -0.0631 e. The van der Waals surface area contributed by atoms with E-state index in [1.807, 2.05) is 0 Å². The van der Waals surface area contributed by atoms with Crippen LogP contribution in [0.5, 0.6) is 0 Å². The molecule has 0 saturated carbocycles. The molecule has 0 saturated heterocycles. The molecule has 1 heteroatoms. The number of hydrogen-bond acceptors (Lipinski definition) is 0. The first-order valence-electron chi connectivity index (χ1n) is 5.56. The van der Waals surface area contributed by atoms with Gasteiger partial charge in [-0.15, -0.1) is 0 Å². The number of rotatable bonds is 2. The lowest BCUT2D eigenvalue weighted by Gasteiger charge is -2.02. The molecular formula is C15H16Si. The van der Waals surface area contributed by atoms with E-state index in [2.05, 4.69) is 67.6 Å². The Kier molecular flexibility index (Phi) is 3.37. The predicted molar refractivity (Wildman–Crippen MR) is 75.4 cm³/mol. The Morgan fingerprint density at radius 3 is 2.19 bits per heavy atom. The molecule has 0 bridgehead atoms. The summed E-state index contributed by atoms with van der Waals surface area (Å²) in [6.07, 6.45) is 2.28. The van der Waals surface area contributed by atoms with Crippen molar-refractivity contribution in [3.05, 3.63) is 71.3 Å². The molecule has 2 aromatic carbocycles. The van der Waals surface area contributed by atoms with Gasteiger partial charge in [0.25, 0.3) is 0 Å². The Labute approximate surface area is 100 Å². The van der Waals surface area contributed by atoms with Crippen molar-refractivity contribution in [1.82, 2.24) is 0 Å². The SMILES string of the molecule is Cc1ccc(C=C([SiH3])c2ccccc2)cc1. The van der Waals surface area contributed by atoms with Gasteiger partial charge in [0.1, 0.15) is 0 Å². The summed E-state index contributed by atoms with van der Waals surface area (Å²) >= 11 is 0. The fourth-order valence-corrected chi connectivity index (χ4v) is 2.36. The van der Waals surface area contributed by atoms with Gasteiger partial charge >= 0.3 is 0 Å². The van der Waals surface area contributed by atoms with E-state index in [1.54, 1.807) is 0 Å². The first-order chi connectivity index (χ1) is 7.75. The van der Waals surface area contributed by atoms with E-state index in [0.29, 0.717) is 0 Å². The molecule has 0 heterocycles. The van der Waals surface area contributed by atoms with Crippen LogP contribution in [0, 0.1) is 6.92 Å². The van der Waals surface area contributed by atoms with E-state index < -0.39 is 0 Å². The predicted octanol–water partition coefficient (Wildman–Crippen LogP) is 2.86. The smallest absolute Gasteiger partial charge is 0.0393 e. The third kappa shape index (κ3) is 2.71. The zero-order chi connectivity index (χ0) is 11.4. The second-order valence-corrected chi connectivity index (χ2v) is 5.18. The van der Waals surface area contributed by atoms with E-state index in [4.69, 9.17) is 0 Å². The molecule has 0 amide bonds. The number of aryl methyl sites for hydroxylation is 1. The molecule has 0 aliphatic carbocycles. The van der Waals surface area contributed by atoms with Crippen molar-refractivity contribution in [2.75, 3.05) is 0 Å². The summed E-state index contributed by atoms with van der Waals surface area (Å²) in [5, 5.41) is 1.43. The average Bonchev–Trinajstić information content (AvgIpc) is 2.33. The van der Waals surface area contributed by atoms with Crippen molar-refractivity contribution in [3.8, 4) is 0 Å². The molecule has 2 rings (SSSR count). The second-order valence-electron chi connectivity index (χ2n) is 4.10. The van der Waals surface area contributed by atoms with Gasteiger partial charge in [-0.05, 0) is 18.1 Å². The molecule has 0 unspecified atom stereocenters. The zero-order valence-electron chi connectivity index (χ0n) is 9.77. The molecule has 0 aliphatic heterocycles. The Bertz CT molecular complexity index is 481. The minimum absolute atomic E-state index is 1.07. The van der Waals surface area contributed by atoms with Crippen molar-refractivity contribution in [2.45, 2.75) is 6.92 Å². The van der Waals surface area contributed by atoms with Gasteiger partial charge in [0, 0.05) is 10.2 Å². The van der Waals surface area contributed by atoms with Crippen LogP contribution in [0.15, 0.2) is 54.6 Å². The van der Waals surface area contributed by atoms with Crippen LogP contribution in [0.1, 0.15) is 16.7 Å². The molecule has 0 spiro atoms. The Balaban J connectivity index is 2.28. The molecule has 0 nitrogen and oxygen atoms in total. The van der Waals surface area contributed by atoms with E-state index in [-0.39, 0.29) is 0 Å². The molecule has 0 atom stereocenters. The van der Waals surface area contributed by atoms with Crippen LogP contribution in [0.25, 0.3) is 11.3 Å². The van der Waals surface area contributed by atoms with Gasteiger partial charge in [0.15, 0.2) is 0 Å². The summed E-state index contributed by atoms with van der Waals surface area (Å²) < 4.78 is 0. The topological polar surface area (TPSA) is 0 Å². The minimum atomic E-state index is 1.07. The summed E-state index contributed by atoms with van der Waals surface area (Å²) in [5.41, 5.74) is 3.95. The largest absolute Gasteiger partial charge is 0.0631 e. The van der Waals surface area contributed by atoms with Crippen molar-refractivity contribution in [1.29, 1.82) is 0 Å². The highest BCUT2D eigenvalue weighted by molar-refractivity contribution is 6.45. The first-order valence-corrected chi connectivity index (χ1v) is 6.56. The molecular weight excluding hydrogens is 208 g/mol. The normalized spacial score (nSPS) is 11.7. The van der Waals surface area contributed by atoms with Crippen LogP contribution in [0.2, 0.25) is 0 Å². The van der Waals surface area contributed by atoms with Crippen molar-refractivity contribution >= 4 is 21.5 Å². The second kappa shape index (κ2) is 4.95. The highest BCUT2D eigenvalue weighted by Crippen LogP contribution is 2.15. The van der Waals surface area contributed by atoms with Gasteiger partial charge in [-0.25, -0.2) is 0 Å². The summed E-state index contributed by atoms with van der Waals surface area (Å²) in [6.45, 7) is 2.12. The van der Waals surface area contributed by atoms with Gasteiger partial charge in [-0.3, -0.25) is 0 Å².